The standard InChI is InChI=1S/C31H31N5O/c1-3-21-15-24(22-10-11-22)17-25(16-21)33-31(37)36-14-12-28-27(19-36)29(26-9-5-4-7-20(26)2)35-30(34-28)23-8-6-13-32-18-23/h4-9,13,15-18,22H,3,10-12,14,19H2,1-2H3,(H,33,37). The molecule has 0 spiro atoms. The molecule has 3 heterocycles. The van der Waals surface area contributed by atoms with E-state index in [1.807, 2.05) is 29.2 Å². The largest absolute Gasteiger partial charge is 0.322 e. The molecule has 6 nitrogen and oxygen atoms in total. The maximum atomic E-state index is 13.4. The van der Waals surface area contributed by atoms with Gasteiger partial charge in [-0.2, -0.15) is 0 Å². The van der Waals surface area contributed by atoms with Crippen molar-refractivity contribution in [1.82, 2.24) is 19.9 Å². The van der Waals surface area contributed by atoms with Gasteiger partial charge in [0, 0.05) is 47.7 Å². The number of hydrogen-bond acceptors (Lipinski definition) is 4. The van der Waals surface area contributed by atoms with E-state index in [1.165, 1.54) is 24.0 Å². The molecule has 2 aromatic carbocycles. The highest BCUT2D eigenvalue weighted by Crippen LogP contribution is 2.41. The lowest BCUT2D eigenvalue weighted by molar-refractivity contribution is 0.206. The first-order valence-corrected chi connectivity index (χ1v) is 13.1. The third-order valence-corrected chi connectivity index (χ3v) is 7.39. The van der Waals surface area contributed by atoms with E-state index in [0.29, 0.717) is 31.3 Å². The molecule has 0 unspecified atom stereocenters. The number of fused-ring (bicyclic) bond motifs is 1. The van der Waals surface area contributed by atoms with E-state index in [-0.39, 0.29) is 6.03 Å². The van der Waals surface area contributed by atoms with E-state index in [9.17, 15) is 4.79 Å². The Labute approximate surface area is 217 Å². The number of aromatic nitrogens is 3. The number of pyridine rings is 1. The Bertz CT molecular complexity index is 1460. The highest BCUT2D eigenvalue weighted by molar-refractivity contribution is 5.90. The zero-order valence-electron chi connectivity index (χ0n) is 21.4. The predicted molar refractivity (Wildman–Crippen MR) is 146 cm³/mol. The van der Waals surface area contributed by atoms with Crippen LogP contribution >= 0.6 is 0 Å². The quantitative estimate of drug-likeness (QED) is 0.345. The molecule has 1 saturated carbocycles. The average Bonchev–Trinajstić information content (AvgIpc) is 3.79. The predicted octanol–water partition coefficient (Wildman–Crippen LogP) is 6.54. The first-order valence-electron chi connectivity index (χ1n) is 13.1. The lowest BCUT2D eigenvalue weighted by Crippen LogP contribution is -2.39. The van der Waals surface area contributed by atoms with Crippen LogP contribution in [-0.4, -0.2) is 32.4 Å². The molecule has 0 atom stereocenters. The Hall–Kier alpha value is -4.06. The van der Waals surface area contributed by atoms with Crippen molar-refractivity contribution >= 4 is 11.7 Å². The first-order chi connectivity index (χ1) is 18.1. The number of rotatable bonds is 5. The van der Waals surface area contributed by atoms with Crippen LogP contribution in [0.25, 0.3) is 22.6 Å². The van der Waals surface area contributed by atoms with E-state index in [2.05, 4.69) is 54.5 Å². The molecule has 1 fully saturated rings. The minimum Gasteiger partial charge on any atom is -0.320 e. The molecular weight excluding hydrogens is 458 g/mol. The molecule has 2 amide bonds. The summed E-state index contributed by atoms with van der Waals surface area (Å²) in [6.07, 6.45) is 7.67. The molecule has 1 N–H and O–H groups in total. The highest BCUT2D eigenvalue weighted by Gasteiger charge is 2.28. The second kappa shape index (κ2) is 9.77. The van der Waals surface area contributed by atoms with E-state index >= 15 is 0 Å². The number of nitrogens with zero attached hydrogens (tertiary/aromatic N) is 4. The Morgan fingerprint density at radius 1 is 1.08 bits per heavy atom. The number of carbonyl (C=O) groups excluding carboxylic acids is 1. The number of amides is 2. The zero-order valence-corrected chi connectivity index (χ0v) is 21.4. The summed E-state index contributed by atoms with van der Waals surface area (Å²) < 4.78 is 0. The van der Waals surface area contributed by atoms with Gasteiger partial charge in [0.25, 0.3) is 0 Å². The summed E-state index contributed by atoms with van der Waals surface area (Å²) >= 11 is 0. The fourth-order valence-electron chi connectivity index (χ4n) is 5.12. The molecule has 4 aromatic rings. The fourth-order valence-corrected chi connectivity index (χ4v) is 5.12. The van der Waals surface area contributed by atoms with Crippen molar-refractivity contribution in [2.75, 3.05) is 11.9 Å². The fraction of sp³-hybridized carbons (Fsp3) is 0.290. The van der Waals surface area contributed by atoms with Crippen LogP contribution in [0.2, 0.25) is 0 Å². The number of carbonyl (C=O) groups is 1. The van der Waals surface area contributed by atoms with Crippen molar-refractivity contribution in [3.63, 3.8) is 0 Å². The normalized spacial score (nSPS) is 14.8. The average molecular weight is 490 g/mol. The van der Waals surface area contributed by atoms with Gasteiger partial charge in [0.2, 0.25) is 0 Å². The van der Waals surface area contributed by atoms with Gasteiger partial charge in [-0.05, 0) is 73.1 Å². The van der Waals surface area contributed by atoms with Gasteiger partial charge in [0.15, 0.2) is 5.82 Å². The molecule has 2 aromatic heterocycles. The lowest BCUT2D eigenvalue weighted by atomic mass is 9.96. The maximum Gasteiger partial charge on any atom is 0.322 e. The van der Waals surface area contributed by atoms with Gasteiger partial charge in [0.05, 0.1) is 17.9 Å². The van der Waals surface area contributed by atoms with Gasteiger partial charge in [-0.3, -0.25) is 4.98 Å². The number of urea groups is 1. The Morgan fingerprint density at radius 3 is 2.70 bits per heavy atom. The van der Waals surface area contributed by atoms with E-state index < -0.39 is 0 Å². The summed E-state index contributed by atoms with van der Waals surface area (Å²) in [6, 6.07) is 18.6. The minimum atomic E-state index is -0.0762. The maximum absolute atomic E-state index is 13.4. The summed E-state index contributed by atoms with van der Waals surface area (Å²) in [6.45, 7) is 5.34. The van der Waals surface area contributed by atoms with Crippen LogP contribution in [0.15, 0.2) is 67.0 Å². The van der Waals surface area contributed by atoms with E-state index in [4.69, 9.17) is 9.97 Å². The van der Waals surface area contributed by atoms with Gasteiger partial charge in [-0.15, -0.1) is 0 Å². The van der Waals surface area contributed by atoms with E-state index in [1.54, 1.807) is 12.4 Å². The van der Waals surface area contributed by atoms with Crippen molar-refractivity contribution in [2.45, 2.75) is 52.0 Å². The first kappa shape index (κ1) is 23.3. The second-order valence-corrected chi connectivity index (χ2v) is 10.1. The smallest absolute Gasteiger partial charge is 0.320 e. The molecule has 1 aliphatic carbocycles. The SMILES string of the molecule is CCc1cc(NC(=O)N2CCc3nc(-c4cccnc4)nc(-c4ccccc4C)c3C2)cc(C2CC2)c1. The lowest BCUT2D eigenvalue weighted by Gasteiger charge is -2.30. The molecule has 2 aliphatic rings. The van der Waals surface area contributed by atoms with Gasteiger partial charge < -0.3 is 10.2 Å². The van der Waals surface area contributed by atoms with Crippen LogP contribution in [0.1, 0.15) is 53.6 Å². The molecule has 0 radical (unpaired) electrons. The third-order valence-electron chi connectivity index (χ3n) is 7.39. The van der Waals surface area contributed by atoms with Gasteiger partial charge >= 0.3 is 6.03 Å². The van der Waals surface area contributed by atoms with Gasteiger partial charge in [0.1, 0.15) is 0 Å². The summed E-state index contributed by atoms with van der Waals surface area (Å²) in [5.41, 5.74) is 9.51. The molecule has 0 saturated heterocycles. The molecule has 186 valence electrons. The van der Waals surface area contributed by atoms with Crippen molar-refractivity contribution in [1.29, 1.82) is 0 Å². The number of benzene rings is 2. The van der Waals surface area contributed by atoms with Crippen molar-refractivity contribution in [2.24, 2.45) is 0 Å². The molecule has 6 heteroatoms. The van der Waals surface area contributed by atoms with Gasteiger partial charge in [-0.25, -0.2) is 14.8 Å². The van der Waals surface area contributed by atoms with E-state index in [0.717, 1.165) is 45.7 Å². The number of nitrogens with one attached hydrogen (secondary N) is 1. The van der Waals surface area contributed by atoms with Crippen LogP contribution < -0.4 is 5.32 Å². The second-order valence-electron chi connectivity index (χ2n) is 10.1. The molecule has 37 heavy (non-hydrogen) atoms. The summed E-state index contributed by atoms with van der Waals surface area (Å²) in [7, 11) is 0. The van der Waals surface area contributed by atoms with Crippen LogP contribution in [0.5, 0.6) is 0 Å². The zero-order chi connectivity index (χ0) is 25.4. The molecule has 0 bridgehead atoms. The third kappa shape index (κ3) is 4.84. The summed E-state index contributed by atoms with van der Waals surface area (Å²) in [4.78, 5) is 29.5. The number of anilines is 1. The van der Waals surface area contributed by atoms with Gasteiger partial charge in [-0.1, -0.05) is 37.3 Å². The minimum absolute atomic E-state index is 0.0762. The molecule has 1 aliphatic heterocycles. The van der Waals surface area contributed by atoms with Crippen LogP contribution in [0.3, 0.4) is 0 Å². The monoisotopic (exact) mass is 489 g/mol. The van der Waals surface area contributed by atoms with Crippen LogP contribution in [0.4, 0.5) is 10.5 Å². The Kier molecular flexibility index (Phi) is 6.16. The van der Waals surface area contributed by atoms with Crippen molar-refractivity contribution in [3.05, 3.63) is 94.9 Å². The topological polar surface area (TPSA) is 71.0 Å². The van der Waals surface area contributed by atoms with Crippen molar-refractivity contribution in [3.8, 4) is 22.6 Å². The van der Waals surface area contributed by atoms with Crippen LogP contribution in [-0.2, 0) is 19.4 Å². The Balaban J connectivity index is 1.33. The Morgan fingerprint density at radius 2 is 1.95 bits per heavy atom. The highest BCUT2D eigenvalue weighted by atomic mass is 16.2. The van der Waals surface area contributed by atoms with Crippen molar-refractivity contribution < 1.29 is 4.79 Å². The number of hydrogen-bond donors (Lipinski definition) is 1. The molecule has 6 rings (SSSR count). The van der Waals surface area contributed by atoms with Crippen LogP contribution in [0, 0.1) is 6.92 Å². The number of aryl methyl sites for hydroxylation is 2. The summed E-state index contributed by atoms with van der Waals surface area (Å²) in [5.74, 6) is 1.32. The summed E-state index contributed by atoms with van der Waals surface area (Å²) in [5, 5.41) is 3.19. The molecular formula is C31H31N5O.